The predicted molar refractivity (Wildman–Crippen MR) is 186 cm³/mol. The minimum Gasteiger partial charge on any atom is -0.497 e. The molecule has 1 aliphatic rings. The summed E-state index contributed by atoms with van der Waals surface area (Å²) in [5.41, 5.74) is 6.08. The van der Waals surface area contributed by atoms with Crippen LogP contribution in [0.15, 0.2) is 54.6 Å². The number of fused-ring (bicyclic) bond motifs is 6. The van der Waals surface area contributed by atoms with Crippen LogP contribution in [0.3, 0.4) is 0 Å². The summed E-state index contributed by atoms with van der Waals surface area (Å²) >= 11 is 0. The van der Waals surface area contributed by atoms with Crippen molar-refractivity contribution in [2.24, 2.45) is 11.8 Å². The van der Waals surface area contributed by atoms with Gasteiger partial charge in [-0.25, -0.2) is 0 Å². The Labute approximate surface area is 281 Å². The number of rotatable bonds is 9. The van der Waals surface area contributed by atoms with Gasteiger partial charge < -0.3 is 29.3 Å². The molecule has 4 rings (SSSR count). The molecule has 254 valence electrons. The van der Waals surface area contributed by atoms with E-state index in [-0.39, 0.29) is 11.8 Å². The van der Waals surface area contributed by atoms with E-state index in [9.17, 15) is 9.59 Å². The van der Waals surface area contributed by atoms with Crippen LogP contribution in [0.4, 0.5) is 0 Å². The highest BCUT2D eigenvalue weighted by molar-refractivity contribution is 5.77. The van der Waals surface area contributed by atoms with Crippen LogP contribution in [-0.4, -0.2) is 42.9 Å². The summed E-state index contributed by atoms with van der Waals surface area (Å²) in [5, 5.41) is 3.57. The Kier molecular flexibility index (Phi) is 13.1. The Balaban J connectivity index is 1.79. The Hall–Kier alpha value is -4.04. The molecule has 8 nitrogen and oxygen atoms in total. The molecule has 1 aliphatic heterocycles. The van der Waals surface area contributed by atoms with E-state index < -0.39 is 0 Å². The van der Waals surface area contributed by atoms with Crippen molar-refractivity contribution in [1.29, 1.82) is 0 Å². The lowest BCUT2D eigenvalue weighted by atomic mass is 10.0. The number of nitrogens with zero attached hydrogens (tertiary/aromatic N) is 2. The number of hydrogen-bond acceptors (Lipinski definition) is 6. The molecule has 3 aromatic carbocycles. The van der Waals surface area contributed by atoms with Crippen LogP contribution in [0.1, 0.15) is 86.8 Å². The first-order valence-electron chi connectivity index (χ1n) is 16.8. The molecule has 0 saturated heterocycles. The molecule has 8 heteroatoms. The first-order valence-corrected chi connectivity index (χ1v) is 16.8. The Bertz CT molecular complexity index is 1400. The Morgan fingerprint density at radius 3 is 1.15 bits per heavy atom. The average molecular weight is 644 g/mol. The molecule has 1 heterocycles. The molecular weight excluding hydrogens is 590 g/mol. The monoisotopic (exact) mass is 643 g/mol. The van der Waals surface area contributed by atoms with E-state index in [1.54, 1.807) is 21.3 Å². The van der Waals surface area contributed by atoms with Crippen LogP contribution >= 0.6 is 0 Å². The van der Waals surface area contributed by atoms with E-state index in [1.165, 1.54) is 0 Å². The smallest absolute Gasteiger partial charge is 0.223 e. The van der Waals surface area contributed by atoms with Gasteiger partial charge in [-0.1, -0.05) is 45.9 Å². The summed E-state index contributed by atoms with van der Waals surface area (Å²) in [7, 11) is 5.00. The third kappa shape index (κ3) is 11.0. The number of carbonyl (C=O) groups excluding carboxylic acids is 2. The van der Waals surface area contributed by atoms with Crippen LogP contribution < -0.4 is 19.5 Å². The largest absolute Gasteiger partial charge is 0.497 e. The lowest BCUT2D eigenvalue weighted by molar-refractivity contribution is -0.133. The Morgan fingerprint density at radius 1 is 0.553 bits per heavy atom. The maximum absolute atomic E-state index is 13.7. The Morgan fingerprint density at radius 2 is 0.851 bits per heavy atom. The van der Waals surface area contributed by atoms with Crippen molar-refractivity contribution in [1.82, 2.24) is 15.1 Å². The molecule has 0 spiro atoms. The fraction of sp³-hybridized carbons (Fsp3) is 0.487. The standard InChI is InChI=1S/C39H53N3O5/c1-27(2)8-10-38(43)41-23-31-12-29(15-35(17-31)45-5)21-40-22-30-13-32(18-36(16-30)46-6)24-42(39(44)11-9-28(3)4)26-34-14-33(25-41)19-37(20-34)47-7/h12-20,27-28,40H,8-11,21-26H2,1-7H3. The fourth-order valence-corrected chi connectivity index (χ4v) is 5.95. The average Bonchev–Trinajstić information content (AvgIpc) is 3.04. The number of ether oxygens (including phenoxy) is 3. The SMILES string of the molecule is COc1cc2cc(c1)CN(C(=O)CCC(C)C)Cc1cc(cc(OC)c1)CN(C(=O)CCC(C)C)Cc1cc(cc(OC)c1)CNC2. The molecule has 2 amide bonds. The molecule has 0 unspecified atom stereocenters. The minimum absolute atomic E-state index is 0.109. The van der Waals surface area contributed by atoms with Gasteiger partial charge in [0.05, 0.1) is 21.3 Å². The summed E-state index contributed by atoms with van der Waals surface area (Å²) in [4.78, 5) is 31.3. The predicted octanol–water partition coefficient (Wildman–Crippen LogP) is 7.25. The van der Waals surface area contributed by atoms with Gasteiger partial charge >= 0.3 is 0 Å². The van der Waals surface area contributed by atoms with Gasteiger partial charge in [0.2, 0.25) is 11.8 Å². The van der Waals surface area contributed by atoms with Crippen molar-refractivity contribution in [3.8, 4) is 17.2 Å². The third-order valence-corrected chi connectivity index (χ3v) is 8.51. The first kappa shape index (κ1) is 35.8. The highest BCUT2D eigenvalue weighted by Crippen LogP contribution is 2.26. The lowest BCUT2D eigenvalue weighted by Crippen LogP contribution is -2.31. The van der Waals surface area contributed by atoms with Crippen LogP contribution in [0.2, 0.25) is 0 Å². The van der Waals surface area contributed by atoms with Crippen molar-refractivity contribution in [2.75, 3.05) is 21.3 Å². The van der Waals surface area contributed by atoms with Crippen LogP contribution in [0.5, 0.6) is 17.2 Å². The second-order valence-corrected chi connectivity index (χ2v) is 13.5. The van der Waals surface area contributed by atoms with E-state index in [1.807, 2.05) is 46.2 Å². The maximum atomic E-state index is 13.7. The van der Waals surface area contributed by atoms with Crippen LogP contribution in [-0.2, 0) is 48.9 Å². The molecule has 0 saturated carbocycles. The molecule has 0 fully saturated rings. The van der Waals surface area contributed by atoms with Crippen molar-refractivity contribution in [2.45, 2.75) is 92.6 Å². The first-order chi connectivity index (χ1) is 22.5. The van der Waals surface area contributed by atoms with Gasteiger partial charge in [0.25, 0.3) is 0 Å². The van der Waals surface area contributed by atoms with Gasteiger partial charge in [0, 0.05) is 52.1 Å². The summed E-state index contributed by atoms with van der Waals surface area (Å²) in [6, 6.07) is 18.5. The van der Waals surface area contributed by atoms with E-state index >= 15 is 0 Å². The van der Waals surface area contributed by atoms with Gasteiger partial charge in [-0.2, -0.15) is 0 Å². The molecule has 0 radical (unpaired) electrons. The number of hydrogen-bond donors (Lipinski definition) is 1. The number of carbonyl (C=O) groups is 2. The zero-order valence-corrected chi connectivity index (χ0v) is 29.4. The molecule has 1 N–H and O–H groups in total. The van der Waals surface area contributed by atoms with Crippen LogP contribution in [0, 0.1) is 11.8 Å². The van der Waals surface area contributed by atoms with Gasteiger partial charge in [-0.3, -0.25) is 9.59 Å². The summed E-state index contributed by atoms with van der Waals surface area (Å²) in [6.07, 6.45) is 2.60. The van der Waals surface area contributed by atoms with Crippen LogP contribution in [0.25, 0.3) is 0 Å². The topological polar surface area (TPSA) is 80.3 Å². The van der Waals surface area contributed by atoms with Crippen molar-refractivity contribution in [3.63, 3.8) is 0 Å². The van der Waals surface area contributed by atoms with E-state index in [0.717, 1.165) is 57.7 Å². The zero-order valence-electron chi connectivity index (χ0n) is 29.4. The van der Waals surface area contributed by atoms with E-state index in [4.69, 9.17) is 14.2 Å². The van der Waals surface area contributed by atoms with E-state index in [0.29, 0.717) is 69.7 Å². The summed E-state index contributed by atoms with van der Waals surface area (Å²) in [5.74, 6) is 3.30. The lowest BCUT2D eigenvalue weighted by Gasteiger charge is -2.27. The number of amides is 2. The van der Waals surface area contributed by atoms with Gasteiger partial charge in [-0.15, -0.1) is 0 Å². The normalized spacial score (nSPS) is 14.1. The number of methoxy groups -OCH3 is 3. The zero-order chi connectivity index (χ0) is 33.9. The second-order valence-electron chi connectivity index (χ2n) is 13.5. The number of benzene rings is 3. The van der Waals surface area contributed by atoms with Crippen molar-refractivity contribution < 1.29 is 23.8 Å². The summed E-state index contributed by atoms with van der Waals surface area (Å²) in [6.45, 7) is 11.6. The fourth-order valence-electron chi connectivity index (χ4n) is 5.95. The molecule has 0 atom stereocenters. The molecule has 3 aromatic rings. The molecular formula is C39H53N3O5. The molecule has 47 heavy (non-hydrogen) atoms. The minimum atomic E-state index is 0.109. The maximum Gasteiger partial charge on any atom is 0.223 e. The molecule has 0 aliphatic carbocycles. The van der Waals surface area contributed by atoms with Gasteiger partial charge in [-0.05, 0) is 94.5 Å². The van der Waals surface area contributed by atoms with Crippen molar-refractivity contribution >= 4 is 11.8 Å². The number of nitrogens with one attached hydrogen (secondary N) is 1. The highest BCUT2D eigenvalue weighted by atomic mass is 16.5. The third-order valence-electron chi connectivity index (χ3n) is 8.51. The molecule has 6 bridgehead atoms. The second kappa shape index (κ2) is 17.2. The summed E-state index contributed by atoms with van der Waals surface area (Å²) < 4.78 is 17.1. The quantitative estimate of drug-likeness (QED) is 0.265. The van der Waals surface area contributed by atoms with Crippen molar-refractivity contribution in [3.05, 3.63) is 88.0 Å². The molecule has 0 aromatic heterocycles. The van der Waals surface area contributed by atoms with Gasteiger partial charge in [0.15, 0.2) is 0 Å². The van der Waals surface area contributed by atoms with E-state index in [2.05, 4.69) is 51.2 Å². The highest BCUT2D eigenvalue weighted by Gasteiger charge is 2.20. The van der Waals surface area contributed by atoms with Gasteiger partial charge in [0.1, 0.15) is 17.2 Å².